The third-order valence-electron chi connectivity index (χ3n) is 3.12. The van der Waals surface area contributed by atoms with Crippen LogP contribution in [0.3, 0.4) is 0 Å². The monoisotopic (exact) mass is 305 g/mol. The molecule has 2 aromatic heterocycles. The largest absolute Gasteiger partial charge is 0.376 e. The van der Waals surface area contributed by atoms with Crippen LogP contribution in [0.1, 0.15) is 23.2 Å². The number of carbonyl (C=O) groups is 1. The summed E-state index contributed by atoms with van der Waals surface area (Å²) in [6.45, 7) is 4.79. The molecule has 1 N–H and O–H groups in total. The van der Waals surface area contributed by atoms with Gasteiger partial charge in [-0.05, 0) is 31.9 Å². The van der Waals surface area contributed by atoms with Gasteiger partial charge in [-0.15, -0.1) is 11.3 Å². The molecule has 0 spiro atoms. The predicted octanol–water partition coefficient (Wildman–Crippen LogP) is 2.69. The lowest BCUT2D eigenvalue weighted by Gasteiger charge is -2.12. The lowest BCUT2D eigenvalue weighted by atomic mass is 10.1. The van der Waals surface area contributed by atoms with E-state index in [9.17, 15) is 4.79 Å². The Bertz CT molecular complexity index is 702. The number of thiophene rings is 1. The van der Waals surface area contributed by atoms with Gasteiger partial charge in [0.2, 0.25) is 5.91 Å². The third kappa shape index (κ3) is 2.74. The van der Waals surface area contributed by atoms with Gasteiger partial charge in [0.25, 0.3) is 5.89 Å². The number of carbonyl (C=O) groups excluding carboxylic acids is 1. The lowest BCUT2D eigenvalue weighted by Crippen LogP contribution is -2.09. The van der Waals surface area contributed by atoms with Crippen molar-refractivity contribution in [2.75, 3.05) is 11.9 Å². The zero-order valence-electron chi connectivity index (χ0n) is 11.8. The van der Waals surface area contributed by atoms with Gasteiger partial charge in [-0.3, -0.25) is 4.79 Å². The number of anilines is 1. The highest BCUT2D eigenvalue weighted by molar-refractivity contribution is 7.17. The highest BCUT2D eigenvalue weighted by Gasteiger charge is 2.26. The molecular weight excluding hydrogens is 290 g/mol. The quantitative estimate of drug-likeness (QED) is 0.882. The van der Waals surface area contributed by atoms with E-state index in [1.54, 1.807) is 19.9 Å². The Morgan fingerprint density at radius 3 is 3.05 bits per heavy atom. The first kappa shape index (κ1) is 14.0. The molecule has 0 fully saturated rings. The molecule has 0 bridgehead atoms. The van der Waals surface area contributed by atoms with E-state index in [-0.39, 0.29) is 5.91 Å². The van der Waals surface area contributed by atoms with Crippen LogP contribution in [0.2, 0.25) is 0 Å². The fourth-order valence-corrected chi connectivity index (χ4v) is 3.43. The molecule has 0 aromatic carbocycles. The maximum Gasteiger partial charge on any atom is 0.261 e. The van der Waals surface area contributed by atoms with Crippen LogP contribution in [0.15, 0.2) is 16.7 Å². The fourth-order valence-electron chi connectivity index (χ4n) is 2.25. The van der Waals surface area contributed by atoms with E-state index < -0.39 is 0 Å². The average molecular weight is 305 g/mol. The van der Waals surface area contributed by atoms with Crippen molar-refractivity contribution in [2.45, 2.75) is 26.9 Å². The summed E-state index contributed by atoms with van der Waals surface area (Å²) < 4.78 is 10.8. The number of ether oxygens (including phenoxy) is 1. The van der Waals surface area contributed by atoms with Gasteiger partial charge in [-0.25, -0.2) is 0 Å². The highest BCUT2D eigenvalue weighted by atomic mass is 32.1. The number of allylic oxidation sites excluding steroid dienone is 1. The molecule has 0 unspecified atom stereocenters. The van der Waals surface area contributed by atoms with Crippen LogP contribution >= 0.6 is 11.3 Å². The molecule has 3 heterocycles. The summed E-state index contributed by atoms with van der Waals surface area (Å²) in [5.74, 6) is 0.847. The number of nitrogens with one attached hydrogen (secondary N) is 1. The normalized spacial score (nSPS) is 14.4. The number of amides is 1. The SMILES string of the molecule is C/C=C/C(=O)Nc1sc2c(c1-c1nc(C)no1)CCOC2. The first-order valence-corrected chi connectivity index (χ1v) is 7.47. The fraction of sp³-hybridized carbons (Fsp3) is 0.357. The molecule has 6 nitrogen and oxygen atoms in total. The van der Waals surface area contributed by atoms with Crippen LogP contribution in [0.5, 0.6) is 0 Å². The van der Waals surface area contributed by atoms with Gasteiger partial charge in [0.05, 0.1) is 18.8 Å². The molecule has 0 saturated carbocycles. The molecule has 110 valence electrons. The van der Waals surface area contributed by atoms with Crippen molar-refractivity contribution in [3.05, 3.63) is 28.4 Å². The summed E-state index contributed by atoms with van der Waals surface area (Å²) >= 11 is 1.50. The maximum atomic E-state index is 11.8. The van der Waals surface area contributed by atoms with Crippen molar-refractivity contribution < 1.29 is 14.1 Å². The summed E-state index contributed by atoms with van der Waals surface area (Å²) in [6, 6.07) is 0. The summed E-state index contributed by atoms with van der Waals surface area (Å²) in [7, 11) is 0. The second-order valence-corrected chi connectivity index (χ2v) is 5.75. The first-order valence-electron chi connectivity index (χ1n) is 6.65. The molecule has 1 aliphatic heterocycles. The molecule has 0 aliphatic carbocycles. The molecule has 21 heavy (non-hydrogen) atoms. The Kier molecular flexibility index (Phi) is 3.85. The van der Waals surface area contributed by atoms with E-state index in [0.29, 0.717) is 24.9 Å². The van der Waals surface area contributed by atoms with Crippen LogP contribution < -0.4 is 5.32 Å². The van der Waals surface area contributed by atoms with Crippen LogP contribution in [0.4, 0.5) is 5.00 Å². The van der Waals surface area contributed by atoms with Crippen LogP contribution in [0, 0.1) is 6.92 Å². The molecule has 3 rings (SSSR count). The average Bonchev–Trinajstić information content (AvgIpc) is 3.01. The van der Waals surface area contributed by atoms with Crippen molar-refractivity contribution in [3.8, 4) is 11.5 Å². The Labute approximate surface area is 125 Å². The van der Waals surface area contributed by atoms with Crippen LogP contribution in [0.25, 0.3) is 11.5 Å². The topological polar surface area (TPSA) is 77.3 Å². The Morgan fingerprint density at radius 2 is 2.33 bits per heavy atom. The third-order valence-corrected chi connectivity index (χ3v) is 4.24. The van der Waals surface area contributed by atoms with Gasteiger partial charge >= 0.3 is 0 Å². The minimum absolute atomic E-state index is 0.172. The second kappa shape index (κ2) is 5.79. The van der Waals surface area contributed by atoms with Gasteiger partial charge in [0.15, 0.2) is 5.82 Å². The van der Waals surface area contributed by atoms with Crippen LogP contribution in [-0.4, -0.2) is 22.7 Å². The molecule has 2 aromatic rings. The van der Waals surface area contributed by atoms with E-state index in [4.69, 9.17) is 9.26 Å². The molecule has 0 atom stereocenters. The van der Waals surface area contributed by atoms with E-state index in [2.05, 4.69) is 15.5 Å². The van der Waals surface area contributed by atoms with Gasteiger partial charge in [-0.1, -0.05) is 11.2 Å². The molecule has 0 radical (unpaired) electrons. The summed E-state index contributed by atoms with van der Waals surface area (Å²) in [5, 5.41) is 7.46. The number of hydrogen-bond acceptors (Lipinski definition) is 6. The number of aromatic nitrogens is 2. The molecule has 0 saturated heterocycles. The number of hydrogen-bond donors (Lipinski definition) is 1. The Morgan fingerprint density at radius 1 is 1.48 bits per heavy atom. The van der Waals surface area contributed by atoms with Crippen molar-refractivity contribution in [3.63, 3.8) is 0 Å². The highest BCUT2D eigenvalue weighted by Crippen LogP contribution is 2.42. The predicted molar refractivity (Wildman–Crippen MR) is 79.2 cm³/mol. The van der Waals surface area contributed by atoms with Crippen molar-refractivity contribution in [2.24, 2.45) is 0 Å². The number of fused-ring (bicyclic) bond motifs is 1. The first-order chi connectivity index (χ1) is 10.2. The summed E-state index contributed by atoms with van der Waals surface area (Å²) in [6.07, 6.45) is 3.96. The van der Waals surface area contributed by atoms with Gasteiger partial charge in [-0.2, -0.15) is 4.98 Å². The van der Waals surface area contributed by atoms with Gasteiger partial charge < -0.3 is 14.6 Å². The van der Waals surface area contributed by atoms with E-state index in [1.807, 2.05) is 0 Å². The molecule has 1 aliphatic rings. The minimum Gasteiger partial charge on any atom is -0.376 e. The number of aryl methyl sites for hydroxylation is 1. The van der Waals surface area contributed by atoms with Crippen molar-refractivity contribution >= 4 is 22.2 Å². The molecule has 1 amide bonds. The Balaban J connectivity index is 2.06. The maximum absolute atomic E-state index is 11.8. The van der Waals surface area contributed by atoms with E-state index in [1.165, 1.54) is 17.4 Å². The van der Waals surface area contributed by atoms with E-state index in [0.717, 1.165) is 27.4 Å². The smallest absolute Gasteiger partial charge is 0.261 e. The van der Waals surface area contributed by atoms with Gasteiger partial charge in [0.1, 0.15) is 5.00 Å². The standard InChI is InChI=1S/C14H15N3O3S/c1-3-4-11(18)16-14-12(13-15-8(2)17-20-13)9-5-6-19-7-10(9)21-14/h3-4H,5-7H2,1-2H3,(H,16,18)/b4-3+. The molecular formula is C14H15N3O3S. The van der Waals surface area contributed by atoms with Crippen molar-refractivity contribution in [1.82, 2.24) is 10.1 Å². The van der Waals surface area contributed by atoms with E-state index >= 15 is 0 Å². The van der Waals surface area contributed by atoms with Gasteiger partial charge in [0, 0.05) is 4.88 Å². The molecule has 7 heteroatoms. The minimum atomic E-state index is -0.172. The summed E-state index contributed by atoms with van der Waals surface area (Å²) in [4.78, 5) is 17.2. The van der Waals surface area contributed by atoms with Crippen molar-refractivity contribution in [1.29, 1.82) is 0 Å². The zero-order chi connectivity index (χ0) is 14.8. The Hall–Kier alpha value is -1.99. The number of rotatable bonds is 3. The van der Waals surface area contributed by atoms with Crippen LogP contribution in [-0.2, 0) is 22.6 Å². The zero-order valence-corrected chi connectivity index (χ0v) is 12.6. The second-order valence-electron chi connectivity index (χ2n) is 4.65. The lowest BCUT2D eigenvalue weighted by molar-refractivity contribution is -0.111. The number of nitrogens with zero attached hydrogens (tertiary/aromatic N) is 2. The summed E-state index contributed by atoms with van der Waals surface area (Å²) in [5.41, 5.74) is 1.96.